The SMILES string of the molecule is CC.CC.CC[C@@H](NC(=O)N1CC(=O)NC[C@@H](Cc2cc(Cl)ccc2OC)C1=O)c1ccc(C=O)o1.CO. The number of imide groups is 1. The van der Waals surface area contributed by atoms with Gasteiger partial charge in [0.15, 0.2) is 12.0 Å². The standard InChI is InChI=1S/C22H24ClN3O6.2C2H6.CH4O/c1-3-17(19-7-5-16(12-27)32-19)25-22(30)26-11-20(28)24-10-14(21(26)29)8-13-9-15(23)4-6-18(13)31-2;3*1-2/h4-7,9,12,14,17H,3,8,10-11H2,1-2H3,(H,24,28)(H,25,30);2*1-2H3;2H,1H3/t14-,17-;;;/m1.../s1. The molecule has 0 aliphatic carbocycles. The maximum Gasteiger partial charge on any atom is 0.325 e. The molecule has 11 heteroatoms. The largest absolute Gasteiger partial charge is 0.496 e. The number of urea groups is 1. The average molecular weight is 554 g/mol. The number of amides is 4. The van der Waals surface area contributed by atoms with Crippen LogP contribution in [0, 0.1) is 5.92 Å². The number of furan rings is 1. The van der Waals surface area contributed by atoms with Gasteiger partial charge in [-0.2, -0.15) is 0 Å². The second-order valence-electron chi connectivity index (χ2n) is 7.35. The first-order valence-electron chi connectivity index (χ1n) is 12.6. The Morgan fingerprint density at radius 1 is 1.24 bits per heavy atom. The second-order valence-corrected chi connectivity index (χ2v) is 7.79. The van der Waals surface area contributed by atoms with E-state index in [0.717, 1.165) is 12.0 Å². The van der Waals surface area contributed by atoms with Crippen LogP contribution in [0.25, 0.3) is 0 Å². The number of aliphatic hydroxyl groups is 1. The predicted molar refractivity (Wildman–Crippen MR) is 146 cm³/mol. The Hall–Kier alpha value is -3.37. The summed E-state index contributed by atoms with van der Waals surface area (Å²) in [7, 11) is 2.51. The zero-order chi connectivity index (χ0) is 29.3. The number of aldehydes is 1. The van der Waals surface area contributed by atoms with Crippen molar-refractivity contribution in [1.29, 1.82) is 0 Å². The Balaban J connectivity index is 0.00000213. The summed E-state index contributed by atoms with van der Waals surface area (Å²) in [5.74, 6) is -0.550. The number of halogens is 1. The second kappa shape index (κ2) is 18.8. The topological polar surface area (TPSA) is 138 Å². The van der Waals surface area contributed by atoms with Crippen molar-refractivity contribution in [3.8, 4) is 5.75 Å². The number of carbonyl (C=O) groups is 4. The van der Waals surface area contributed by atoms with Gasteiger partial charge in [0.05, 0.1) is 19.1 Å². The number of methoxy groups -OCH3 is 1. The number of nitrogens with zero attached hydrogens (tertiary/aromatic N) is 1. The van der Waals surface area contributed by atoms with E-state index < -0.39 is 36.3 Å². The van der Waals surface area contributed by atoms with Crippen LogP contribution in [0.4, 0.5) is 4.79 Å². The number of nitrogens with one attached hydrogen (secondary N) is 2. The van der Waals surface area contributed by atoms with Crippen LogP contribution < -0.4 is 15.4 Å². The van der Waals surface area contributed by atoms with Gasteiger partial charge in [-0.05, 0) is 48.7 Å². The highest BCUT2D eigenvalue weighted by atomic mass is 35.5. The van der Waals surface area contributed by atoms with Crippen LogP contribution in [-0.2, 0) is 16.0 Å². The van der Waals surface area contributed by atoms with Gasteiger partial charge in [0.25, 0.3) is 0 Å². The van der Waals surface area contributed by atoms with E-state index in [-0.39, 0.29) is 18.7 Å². The molecule has 2 aromatic rings. The molecule has 1 aromatic heterocycles. The molecule has 1 aliphatic heterocycles. The molecule has 1 fully saturated rings. The Bertz CT molecular complexity index is 1030. The van der Waals surface area contributed by atoms with Crippen molar-refractivity contribution in [2.45, 2.75) is 53.5 Å². The van der Waals surface area contributed by atoms with Gasteiger partial charge in [-0.1, -0.05) is 46.2 Å². The summed E-state index contributed by atoms with van der Waals surface area (Å²) < 4.78 is 10.7. The number of benzene rings is 1. The van der Waals surface area contributed by atoms with Crippen molar-refractivity contribution < 1.29 is 33.4 Å². The Morgan fingerprint density at radius 3 is 2.45 bits per heavy atom. The highest BCUT2D eigenvalue weighted by Crippen LogP contribution is 2.26. The van der Waals surface area contributed by atoms with Crippen molar-refractivity contribution in [3.63, 3.8) is 0 Å². The van der Waals surface area contributed by atoms with Gasteiger partial charge < -0.3 is 24.9 Å². The molecule has 0 unspecified atom stereocenters. The summed E-state index contributed by atoms with van der Waals surface area (Å²) in [6.07, 6.45) is 1.25. The van der Waals surface area contributed by atoms with E-state index in [1.54, 1.807) is 24.3 Å². The molecule has 3 rings (SSSR count). The summed E-state index contributed by atoms with van der Waals surface area (Å²) in [5.41, 5.74) is 0.693. The van der Waals surface area contributed by atoms with Gasteiger partial charge in [-0.25, -0.2) is 4.79 Å². The third-order valence-electron chi connectivity index (χ3n) is 5.23. The molecular weight excluding hydrogens is 514 g/mol. The first-order chi connectivity index (χ1) is 18.4. The third-order valence-corrected chi connectivity index (χ3v) is 5.46. The van der Waals surface area contributed by atoms with Crippen molar-refractivity contribution >= 4 is 35.7 Å². The van der Waals surface area contributed by atoms with Crippen molar-refractivity contribution in [2.24, 2.45) is 5.92 Å². The van der Waals surface area contributed by atoms with E-state index >= 15 is 0 Å². The summed E-state index contributed by atoms with van der Waals surface area (Å²) in [6.45, 7) is 9.50. The molecule has 0 radical (unpaired) electrons. The number of rotatable bonds is 7. The van der Waals surface area contributed by atoms with Crippen LogP contribution in [-0.4, -0.2) is 61.4 Å². The summed E-state index contributed by atoms with van der Waals surface area (Å²) in [6, 6.07) is 6.87. The number of aliphatic hydroxyl groups excluding tert-OH is 1. The van der Waals surface area contributed by atoms with E-state index in [4.69, 9.17) is 25.9 Å². The lowest BCUT2D eigenvalue weighted by Crippen LogP contribution is -2.48. The molecule has 0 spiro atoms. The summed E-state index contributed by atoms with van der Waals surface area (Å²) >= 11 is 6.09. The predicted octanol–water partition coefficient (Wildman–Crippen LogP) is 4.39. The molecule has 1 aliphatic rings. The van der Waals surface area contributed by atoms with Crippen LogP contribution in [0.5, 0.6) is 5.75 Å². The molecule has 2 atom stereocenters. The zero-order valence-electron chi connectivity index (χ0n) is 23.2. The number of hydrogen-bond acceptors (Lipinski definition) is 7. The fourth-order valence-corrected chi connectivity index (χ4v) is 3.74. The van der Waals surface area contributed by atoms with Gasteiger partial charge in [0.2, 0.25) is 11.8 Å². The van der Waals surface area contributed by atoms with E-state index in [1.807, 2.05) is 34.6 Å². The Kier molecular flexibility index (Phi) is 17.1. The molecule has 38 heavy (non-hydrogen) atoms. The van der Waals surface area contributed by atoms with Crippen LogP contribution in [0.2, 0.25) is 5.02 Å². The molecule has 2 heterocycles. The van der Waals surface area contributed by atoms with E-state index in [1.165, 1.54) is 13.2 Å². The van der Waals surface area contributed by atoms with Gasteiger partial charge in [0, 0.05) is 18.7 Å². The molecule has 0 saturated carbocycles. The third kappa shape index (κ3) is 9.83. The molecule has 212 valence electrons. The Morgan fingerprint density at radius 2 is 1.89 bits per heavy atom. The zero-order valence-corrected chi connectivity index (χ0v) is 23.9. The number of carbonyl (C=O) groups excluding carboxylic acids is 4. The number of ether oxygens (including phenoxy) is 1. The van der Waals surface area contributed by atoms with Gasteiger partial charge in [-0.3, -0.25) is 19.3 Å². The lowest BCUT2D eigenvalue weighted by molar-refractivity contribution is -0.133. The fraction of sp³-hybridized carbons (Fsp3) is 0.481. The van der Waals surface area contributed by atoms with Gasteiger partial charge in [-0.15, -0.1) is 0 Å². The van der Waals surface area contributed by atoms with Crippen molar-refractivity contribution in [1.82, 2.24) is 15.5 Å². The maximum absolute atomic E-state index is 13.2. The lowest BCUT2D eigenvalue weighted by Gasteiger charge is -2.24. The molecule has 0 bridgehead atoms. The number of hydrogen-bond donors (Lipinski definition) is 3. The minimum absolute atomic E-state index is 0.0786. The molecule has 1 saturated heterocycles. The average Bonchev–Trinajstić information content (AvgIpc) is 3.39. The van der Waals surface area contributed by atoms with Crippen LogP contribution in [0.15, 0.2) is 34.7 Å². The minimum atomic E-state index is -0.717. The highest BCUT2D eigenvalue weighted by molar-refractivity contribution is 6.30. The van der Waals surface area contributed by atoms with Gasteiger partial charge >= 0.3 is 6.03 Å². The smallest absolute Gasteiger partial charge is 0.325 e. The summed E-state index contributed by atoms with van der Waals surface area (Å²) in [4.78, 5) is 50.1. The van der Waals surface area contributed by atoms with Crippen LogP contribution >= 0.6 is 11.6 Å². The highest BCUT2D eigenvalue weighted by Gasteiger charge is 2.35. The monoisotopic (exact) mass is 553 g/mol. The molecule has 10 nitrogen and oxygen atoms in total. The fourth-order valence-electron chi connectivity index (χ4n) is 3.55. The first-order valence-corrected chi connectivity index (χ1v) is 12.9. The summed E-state index contributed by atoms with van der Waals surface area (Å²) in [5, 5.41) is 12.9. The lowest BCUT2D eigenvalue weighted by atomic mass is 9.97. The van der Waals surface area contributed by atoms with Crippen LogP contribution in [0.3, 0.4) is 0 Å². The first kappa shape index (κ1) is 34.6. The van der Waals surface area contributed by atoms with Crippen LogP contribution in [0.1, 0.15) is 69.0 Å². The Labute approximate surface area is 229 Å². The molecule has 4 amide bonds. The normalized spacial score (nSPS) is 15.1. The van der Waals surface area contributed by atoms with Gasteiger partial charge in [0.1, 0.15) is 18.1 Å². The molecule has 1 aromatic carbocycles. The molecular formula is C27H40ClN3O7. The quantitative estimate of drug-likeness (QED) is 0.432. The van der Waals surface area contributed by atoms with E-state index in [9.17, 15) is 19.2 Å². The molecule has 3 N–H and O–H groups in total. The minimum Gasteiger partial charge on any atom is -0.496 e. The maximum atomic E-state index is 13.2. The van der Waals surface area contributed by atoms with E-state index in [2.05, 4.69) is 10.6 Å². The van der Waals surface area contributed by atoms with Crippen molar-refractivity contribution in [3.05, 3.63) is 52.4 Å². The van der Waals surface area contributed by atoms with E-state index in [0.29, 0.717) is 34.8 Å². The van der Waals surface area contributed by atoms with Crippen molar-refractivity contribution in [2.75, 3.05) is 27.3 Å².